The number of carbonyl (C=O) groups excluding carboxylic acids is 3. The van der Waals surface area contributed by atoms with Gasteiger partial charge in [0.15, 0.2) is 0 Å². The fourth-order valence-electron chi connectivity index (χ4n) is 3.42. The van der Waals surface area contributed by atoms with Gasteiger partial charge in [0, 0.05) is 6.42 Å². The van der Waals surface area contributed by atoms with Crippen molar-refractivity contribution in [3.63, 3.8) is 0 Å². The third kappa shape index (κ3) is 11.3. The summed E-state index contributed by atoms with van der Waals surface area (Å²) < 4.78 is 0. The molecular weight excluding hydrogens is 328 g/mol. The molecular formula is C21H38N2O3. The van der Waals surface area contributed by atoms with Crippen molar-refractivity contribution in [1.29, 1.82) is 0 Å². The monoisotopic (exact) mass is 366 g/mol. The Morgan fingerprint density at radius 1 is 0.846 bits per heavy atom. The summed E-state index contributed by atoms with van der Waals surface area (Å²) in [6.45, 7) is 2.26. The maximum atomic E-state index is 11.8. The molecule has 1 unspecified atom stereocenters. The van der Waals surface area contributed by atoms with Crippen LogP contribution in [0.4, 0.5) is 0 Å². The third-order valence-corrected chi connectivity index (χ3v) is 5.06. The van der Waals surface area contributed by atoms with Gasteiger partial charge < -0.3 is 5.32 Å². The van der Waals surface area contributed by atoms with E-state index in [4.69, 9.17) is 0 Å². The van der Waals surface area contributed by atoms with Crippen molar-refractivity contribution in [3.05, 3.63) is 0 Å². The lowest BCUT2D eigenvalue weighted by Crippen LogP contribution is -2.40. The largest absolute Gasteiger partial charge is 0.344 e. The molecule has 0 bridgehead atoms. The van der Waals surface area contributed by atoms with Crippen LogP contribution in [0.5, 0.6) is 0 Å². The second-order valence-corrected chi connectivity index (χ2v) is 7.58. The van der Waals surface area contributed by atoms with E-state index >= 15 is 0 Å². The smallest absolute Gasteiger partial charge is 0.249 e. The van der Waals surface area contributed by atoms with E-state index in [2.05, 4.69) is 17.6 Å². The van der Waals surface area contributed by atoms with Gasteiger partial charge in [0.05, 0.1) is 6.42 Å². The Balaban J connectivity index is 1.81. The van der Waals surface area contributed by atoms with Crippen molar-refractivity contribution in [1.82, 2.24) is 10.6 Å². The van der Waals surface area contributed by atoms with Crippen LogP contribution in [0.3, 0.4) is 0 Å². The van der Waals surface area contributed by atoms with Crippen molar-refractivity contribution in [2.75, 3.05) is 0 Å². The highest BCUT2D eigenvalue weighted by molar-refractivity contribution is 6.06. The number of imide groups is 1. The minimum absolute atomic E-state index is 0.0727. The van der Waals surface area contributed by atoms with Crippen LogP contribution < -0.4 is 10.6 Å². The second kappa shape index (κ2) is 14.7. The Hall–Kier alpha value is -1.39. The zero-order valence-electron chi connectivity index (χ0n) is 16.6. The average Bonchev–Trinajstić information content (AvgIpc) is 2.92. The summed E-state index contributed by atoms with van der Waals surface area (Å²) in [6, 6.07) is -0.665. The van der Waals surface area contributed by atoms with Gasteiger partial charge in [0.1, 0.15) is 6.04 Å². The van der Waals surface area contributed by atoms with Gasteiger partial charge >= 0.3 is 0 Å². The summed E-state index contributed by atoms with van der Waals surface area (Å²) in [5, 5.41) is 4.83. The molecule has 26 heavy (non-hydrogen) atoms. The molecule has 1 aliphatic heterocycles. The molecule has 5 nitrogen and oxygen atoms in total. The van der Waals surface area contributed by atoms with Gasteiger partial charge in [-0.05, 0) is 6.42 Å². The number of carbonyl (C=O) groups is 3. The van der Waals surface area contributed by atoms with Crippen LogP contribution in [0.15, 0.2) is 0 Å². The summed E-state index contributed by atoms with van der Waals surface area (Å²) in [6.07, 6.45) is 18.5. The van der Waals surface area contributed by atoms with Crippen molar-refractivity contribution < 1.29 is 14.4 Å². The summed E-state index contributed by atoms with van der Waals surface area (Å²) in [4.78, 5) is 34.2. The summed E-state index contributed by atoms with van der Waals surface area (Å²) in [5.74, 6) is -0.820. The SMILES string of the molecule is CCCCCCCCCCCCCCCCC(=O)NC1CC(=O)NC1=O. The van der Waals surface area contributed by atoms with Crippen LogP contribution in [0.1, 0.15) is 110 Å². The molecule has 0 radical (unpaired) electrons. The molecule has 3 amide bonds. The van der Waals surface area contributed by atoms with E-state index < -0.39 is 6.04 Å². The summed E-state index contributed by atoms with van der Waals surface area (Å²) in [7, 11) is 0. The lowest BCUT2D eigenvalue weighted by Gasteiger charge is -2.09. The highest BCUT2D eigenvalue weighted by Crippen LogP contribution is 2.13. The third-order valence-electron chi connectivity index (χ3n) is 5.06. The zero-order valence-corrected chi connectivity index (χ0v) is 16.6. The minimum atomic E-state index is -0.665. The highest BCUT2D eigenvalue weighted by Gasteiger charge is 2.31. The molecule has 0 spiro atoms. The van der Waals surface area contributed by atoms with Crippen LogP contribution in [0.2, 0.25) is 0 Å². The molecule has 0 saturated carbocycles. The molecule has 0 aromatic carbocycles. The number of nitrogens with one attached hydrogen (secondary N) is 2. The molecule has 1 saturated heterocycles. The van der Waals surface area contributed by atoms with Gasteiger partial charge in [-0.3, -0.25) is 19.7 Å². The molecule has 5 heteroatoms. The first-order valence-electron chi connectivity index (χ1n) is 10.8. The predicted octanol–water partition coefficient (Wildman–Crippen LogP) is 4.39. The van der Waals surface area contributed by atoms with Gasteiger partial charge in [0.25, 0.3) is 0 Å². The number of unbranched alkanes of at least 4 members (excludes halogenated alkanes) is 13. The molecule has 0 aliphatic carbocycles. The fraction of sp³-hybridized carbons (Fsp3) is 0.857. The Morgan fingerprint density at radius 3 is 1.73 bits per heavy atom. The predicted molar refractivity (Wildman–Crippen MR) is 105 cm³/mol. The number of rotatable bonds is 16. The van der Waals surface area contributed by atoms with Gasteiger partial charge in [-0.2, -0.15) is 0 Å². The number of hydrogen-bond donors (Lipinski definition) is 2. The van der Waals surface area contributed by atoms with E-state index in [1.54, 1.807) is 0 Å². The molecule has 150 valence electrons. The minimum Gasteiger partial charge on any atom is -0.344 e. The van der Waals surface area contributed by atoms with E-state index in [1.807, 2.05) is 0 Å². The molecule has 1 fully saturated rings. The summed E-state index contributed by atoms with van der Waals surface area (Å²) >= 11 is 0. The Labute approximate surface area is 159 Å². The van der Waals surface area contributed by atoms with Crippen LogP contribution in [0.25, 0.3) is 0 Å². The van der Waals surface area contributed by atoms with E-state index in [0.717, 1.165) is 12.8 Å². The molecule has 1 atom stereocenters. The van der Waals surface area contributed by atoms with Gasteiger partial charge in [-0.1, -0.05) is 90.4 Å². The van der Waals surface area contributed by atoms with E-state index in [9.17, 15) is 14.4 Å². The first-order valence-corrected chi connectivity index (χ1v) is 10.8. The standard InChI is InChI=1S/C21H38N2O3/c1-2-3-4-5-6-7-8-9-10-11-12-13-14-15-16-19(24)22-18-17-20(25)23-21(18)26/h18H,2-17H2,1H3,(H,22,24)(H,23,25,26). The quantitative estimate of drug-likeness (QED) is 0.314. The van der Waals surface area contributed by atoms with Crippen LogP contribution >= 0.6 is 0 Å². The van der Waals surface area contributed by atoms with Crippen molar-refractivity contribution in [3.8, 4) is 0 Å². The topological polar surface area (TPSA) is 75.3 Å². The van der Waals surface area contributed by atoms with Crippen molar-refractivity contribution in [2.24, 2.45) is 0 Å². The number of amides is 3. The van der Waals surface area contributed by atoms with Crippen LogP contribution in [-0.4, -0.2) is 23.8 Å². The van der Waals surface area contributed by atoms with Crippen LogP contribution in [0, 0.1) is 0 Å². The zero-order chi connectivity index (χ0) is 19.0. The Morgan fingerprint density at radius 2 is 1.31 bits per heavy atom. The average molecular weight is 367 g/mol. The van der Waals surface area contributed by atoms with E-state index in [0.29, 0.717) is 6.42 Å². The lowest BCUT2D eigenvalue weighted by atomic mass is 10.0. The molecule has 1 aliphatic rings. The van der Waals surface area contributed by atoms with Crippen molar-refractivity contribution >= 4 is 17.7 Å². The highest BCUT2D eigenvalue weighted by atomic mass is 16.2. The normalized spacial score (nSPS) is 16.7. The van der Waals surface area contributed by atoms with E-state index in [-0.39, 0.29) is 24.1 Å². The van der Waals surface area contributed by atoms with Gasteiger partial charge in [-0.15, -0.1) is 0 Å². The van der Waals surface area contributed by atoms with Gasteiger partial charge in [0.2, 0.25) is 17.7 Å². The molecule has 0 aromatic rings. The summed E-state index contributed by atoms with van der Waals surface area (Å²) in [5.41, 5.74) is 0. The Bertz CT molecular complexity index is 423. The first-order chi connectivity index (χ1) is 12.6. The number of hydrogen-bond acceptors (Lipinski definition) is 3. The Kier molecular flexibility index (Phi) is 12.8. The fourth-order valence-corrected chi connectivity index (χ4v) is 3.42. The van der Waals surface area contributed by atoms with Crippen molar-refractivity contribution in [2.45, 2.75) is 116 Å². The lowest BCUT2D eigenvalue weighted by molar-refractivity contribution is -0.128. The second-order valence-electron chi connectivity index (χ2n) is 7.58. The molecule has 0 aromatic heterocycles. The first kappa shape index (κ1) is 22.7. The van der Waals surface area contributed by atoms with Gasteiger partial charge in [-0.25, -0.2) is 0 Å². The molecule has 1 rings (SSSR count). The van der Waals surface area contributed by atoms with E-state index in [1.165, 1.54) is 77.0 Å². The molecule has 1 heterocycles. The van der Waals surface area contributed by atoms with Crippen LogP contribution in [-0.2, 0) is 14.4 Å². The molecule has 2 N–H and O–H groups in total. The maximum absolute atomic E-state index is 11.8. The maximum Gasteiger partial charge on any atom is 0.249 e.